The van der Waals surface area contributed by atoms with Gasteiger partial charge in [0.1, 0.15) is 170 Å². The van der Waals surface area contributed by atoms with Crippen molar-refractivity contribution in [3.05, 3.63) is 0 Å². The molecular weight excluding hydrogens is 1440 g/mol. The molecule has 0 aromatic rings. The zero-order valence-electron chi connectivity index (χ0n) is 55.8. The second-order valence-corrected chi connectivity index (χ2v) is 28.2. The van der Waals surface area contributed by atoms with Gasteiger partial charge in [-0.05, 0) is 13.3 Å². The molecule has 43 heteroatoms. The number of rotatable bonds is 27. The van der Waals surface area contributed by atoms with E-state index in [1.54, 1.807) is 6.92 Å². The minimum absolute atomic E-state index is 0.0656. The minimum atomic E-state index is -2.31. The van der Waals surface area contributed by atoms with Crippen molar-refractivity contribution >= 4 is 47.0 Å². The van der Waals surface area contributed by atoms with Gasteiger partial charge in [-0.15, -0.1) is 0 Å². The van der Waals surface area contributed by atoms with E-state index in [1.807, 2.05) is 0 Å². The molecule has 21 N–H and O–H groups in total. The van der Waals surface area contributed by atoms with E-state index in [1.165, 1.54) is 6.92 Å². The van der Waals surface area contributed by atoms with E-state index in [-0.39, 0.29) is 68.7 Å². The molecule has 103 heavy (non-hydrogen) atoms. The van der Waals surface area contributed by atoms with E-state index < -0.39 is 290 Å². The van der Waals surface area contributed by atoms with Gasteiger partial charge in [0.05, 0.1) is 83.5 Å². The number of hydrogen-bond acceptors (Lipinski definition) is 41. The zero-order chi connectivity index (χ0) is 75.4. The smallest absolute Gasteiger partial charge is 0.307 e. The fourth-order valence-electron chi connectivity index (χ4n) is 12.7. The van der Waals surface area contributed by atoms with Crippen LogP contribution in [0.15, 0.2) is 0 Å². The molecule has 21 heterocycles. The zero-order valence-corrected chi connectivity index (χ0v) is 57.4. The Morgan fingerprint density at radius 1 is 0.330 bits per heavy atom. The Morgan fingerprint density at radius 2 is 0.563 bits per heavy atom. The lowest BCUT2D eigenvalue weighted by Gasteiger charge is -2.50. The Labute approximate surface area is 596 Å². The molecule has 21 saturated heterocycles. The Morgan fingerprint density at radius 3 is 0.796 bits per heavy atom. The summed E-state index contributed by atoms with van der Waals surface area (Å²) in [5, 5.41) is 237. The minimum Gasteiger partial charge on any atom is -0.481 e. The number of carbonyl (C=O) groups is 4. The van der Waals surface area contributed by atoms with Crippen molar-refractivity contribution in [1.82, 2.24) is 0 Å². The quantitative estimate of drug-likeness (QED) is 0.0340. The molecule has 21 aliphatic rings. The summed E-state index contributed by atoms with van der Waals surface area (Å²) < 4.78 is 93.4. The molecule has 596 valence electrons. The maximum atomic E-state index is 13.0. The number of ketones is 2. The van der Waals surface area contributed by atoms with E-state index >= 15 is 0 Å². The van der Waals surface area contributed by atoms with Gasteiger partial charge in [0.15, 0.2) is 44.0 Å². The molecule has 0 aliphatic carbocycles. The average molecular weight is 1540 g/mol. The first kappa shape index (κ1) is 86.2. The lowest BCUT2D eigenvalue weighted by Crippen LogP contribution is -2.68. The monoisotopic (exact) mass is 1540 g/mol. The van der Waals surface area contributed by atoms with Crippen LogP contribution in [0.4, 0.5) is 0 Å². The van der Waals surface area contributed by atoms with Crippen LogP contribution in [0.5, 0.6) is 0 Å². The lowest BCUT2D eigenvalue weighted by molar-refractivity contribution is -0.395. The number of carbonyl (C=O) groups excluding carboxylic acids is 2. The van der Waals surface area contributed by atoms with Crippen LogP contribution in [0.25, 0.3) is 0 Å². The number of hydrogen-bond donors (Lipinski definition) is 21. The average Bonchev–Trinajstić information content (AvgIpc) is 0.785. The van der Waals surface area contributed by atoms with Gasteiger partial charge >= 0.3 is 11.9 Å². The number of aliphatic hydroxyl groups is 19. The van der Waals surface area contributed by atoms with Crippen molar-refractivity contribution in [2.24, 2.45) is 11.8 Å². The number of carboxylic acid groups (broad SMARTS) is 2. The predicted octanol–water partition coefficient (Wildman–Crippen LogP) is -11.6. The van der Waals surface area contributed by atoms with Gasteiger partial charge in [0, 0.05) is 42.3 Å². The molecular formula is C60H98O41S2. The largest absolute Gasteiger partial charge is 0.481 e. The fourth-order valence-corrected chi connectivity index (χ4v) is 15.2. The van der Waals surface area contributed by atoms with Crippen molar-refractivity contribution in [3.8, 4) is 0 Å². The first-order valence-corrected chi connectivity index (χ1v) is 35.8. The van der Waals surface area contributed by atoms with E-state index in [2.05, 4.69) is 0 Å². The highest BCUT2D eigenvalue weighted by Crippen LogP contribution is 2.40. The summed E-state index contributed by atoms with van der Waals surface area (Å²) in [7, 11) is 0. The number of aliphatic carboxylic acids is 2. The van der Waals surface area contributed by atoms with Crippen LogP contribution in [0.2, 0.25) is 0 Å². The Kier molecular flexibility index (Phi) is 33.5. The molecule has 21 rings (SSSR count). The van der Waals surface area contributed by atoms with Crippen molar-refractivity contribution in [1.29, 1.82) is 0 Å². The SMILES string of the molecule is CCC(CSCC1O[C@H]2O[C@@H]3C(CO)O[C@H](O[C@@H]4C(CO)O[C@H](O[C@@H]5C(CO)O[C@H](O[C@@H]6C(CSCC(CC(=O)CCOCCOCCC(C)=O)C(=O)O)O[C@@H](O[C@@H]7C(CO)O[C@H](O[C@@H]8C(CO)O[C@H](O[C@H]1[C@H](O)C2O)C(O)[C@H]8O)C(O)[C@H]7O)C(O)[C@H]6O)C(O)[C@H]5O)C(O)[C@H]4O)C(O)[C@H]3O)C(=O)O. The number of carboxylic acids is 2. The van der Waals surface area contributed by atoms with Gasteiger partial charge in [0.25, 0.3) is 0 Å². The molecule has 0 aromatic heterocycles. The van der Waals surface area contributed by atoms with Crippen LogP contribution in [-0.4, -0.2) is 428 Å². The Balaban J connectivity index is 1.08. The number of ether oxygens (including phenoxy) is 16. The molecule has 0 amide bonds. The second kappa shape index (κ2) is 40.0. The van der Waals surface area contributed by atoms with Crippen molar-refractivity contribution in [3.63, 3.8) is 0 Å². The van der Waals surface area contributed by atoms with Crippen LogP contribution in [0, 0.1) is 11.8 Å². The van der Waals surface area contributed by atoms with Crippen LogP contribution in [0.3, 0.4) is 0 Å². The molecule has 0 aromatic carbocycles. The van der Waals surface area contributed by atoms with Crippen LogP contribution < -0.4 is 0 Å². The van der Waals surface area contributed by atoms with Gasteiger partial charge in [0.2, 0.25) is 0 Å². The van der Waals surface area contributed by atoms with Crippen molar-refractivity contribution in [2.75, 3.05) is 82.5 Å². The van der Waals surface area contributed by atoms with E-state index in [4.69, 9.17) is 75.8 Å². The summed E-state index contributed by atoms with van der Waals surface area (Å²) in [6, 6.07) is 0. The standard InChI is InChI=1S/C60H98O41S2/c1-3-21(52(82)83)16-102-18-29-50-36(73)43(80)59(93-29)98-48-27(14-64)89-55(39(76)32(48)69)95-45-24(11-61)88-54(38(75)31(45)68)96-46-26(13-63)92-58(42(79)35(46)72)101-51-30(19-103-17-22(53(84)85)10-23(67)5-7-87-9-8-86-6-4-20(2)66)94-60(44(81)37(51)74)99-49-28(15-65)90-56(40(77)33(49)70)97-47-25(12-62)91-57(100-50)41(78)34(47)71/h21-22,24-51,54-65,68-81H,3-19H2,1-2H3,(H,82,83)(H,84,85)/t21?,22?,24?,25?,26?,27?,28?,29?,30?,31-,32-,33-,34-,35-,36-,37-,38?,39?,40?,41?,42?,43?,44?,45-,46-,47-,48-,49-,50-,51-,54-,55-,56-,57-,58-,59+,60+/m1/s1. The summed E-state index contributed by atoms with van der Waals surface area (Å²) >= 11 is 1.73. The topological polar surface area (TPSA) is 641 Å². The second-order valence-electron chi connectivity index (χ2n) is 26.0. The van der Waals surface area contributed by atoms with Crippen LogP contribution >= 0.6 is 23.5 Å². The predicted molar refractivity (Wildman–Crippen MR) is 333 cm³/mol. The molecule has 41 nitrogen and oxygen atoms in total. The summed E-state index contributed by atoms with van der Waals surface area (Å²) in [6.45, 7) is -2.28. The lowest BCUT2D eigenvalue weighted by atomic mass is 9.95. The third-order valence-corrected chi connectivity index (χ3v) is 21.2. The first-order valence-electron chi connectivity index (χ1n) is 33.5. The van der Waals surface area contributed by atoms with E-state index in [9.17, 15) is 126 Å². The number of Topliss-reactive ketones (excluding diaryl/α,β-unsaturated/α-hetero) is 2. The Hall–Kier alpha value is -2.42. The molecule has 21 fully saturated rings. The summed E-state index contributed by atoms with van der Waals surface area (Å²) in [4.78, 5) is 48.8. The molecule has 0 saturated carbocycles. The normalized spacial score (nSPS) is 44.9. The molecule has 0 radical (unpaired) electrons. The summed E-state index contributed by atoms with van der Waals surface area (Å²) in [5.74, 6) is -6.75. The molecule has 14 bridgehead atoms. The number of thioether (sulfide) groups is 2. The van der Waals surface area contributed by atoms with Gasteiger partial charge in [-0.1, -0.05) is 6.92 Å². The van der Waals surface area contributed by atoms with Gasteiger partial charge in [-0.3, -0.25) is 19.2 Å². The van der Waals surface area contributed by atoms with Crippen molar-refractivity contribution < 1.29 is 202 Å². The fraction of sp³-hybridized carbons (Fsp3) is 0.933. The molecule has 0 spiro atoms. The van der Waals surface area contributed by atoms with Crippen LogP contribution in [-0.2, 0) is 95.0 Å². The molecule has 37 atom stereocenters. The first-order chi connectivity index (χ1) is 49.0. The van der Waals surface area contributed by atoms with E-state index in [0.717, 1.165) is 23.5 Å². The maximum absolute atomic E-state index is 13.0. The summed E-state index contributed by atoms with van der Waals surface area (Å²) in [6.07, 6.45) is -72.7. The highest BCUT2D eigenvalue weighted by molar-refractivity contribution is 7.99. The van der Waals surface area contributed by atoms with E-state index in [0.29, 0.717) is 0 Å². The number of aliphatic hydroxyl groups excluding tert-OH is 19. The highest BCUT2D eigenvalue weighted by atomic mass is 32.2. The van der Waals surface area contributed by atoms with Crippen LogP contribution in [0.1, 0.15) is 39.5 Å². The van der Waals surface area contributed by atoms with Gasteiger partial charge in [-0.25, -0.2) is 0 Å². The highest BCUT2D eigenvalue weighted by Gasteiger charge is 2.60. The van der Waals surface area contributed by atoms with Gasteiger partial charge in [-0.2, -0.15) is 23.5 Å². The third-order valence-electron chi connectivity index (χ3n) is 18.8. The van der Waals surface area contributed by atoms with Crippen molar-refractivity contribution in [2.45, 2.75) is 254 Å². The summed E-state index contributed by atoms with van der Waals surface area (Å²) in [5.41, 5.74) is 0. The van der Waals surface area contributed by atoms with Gasteiger partial charge < -0.3 is 183 Å². The third kappa shape index (κ3) is 21.0. The Bertz CT molecular complexity index is 2610. The molecule has 21 aliphatic heterocycles. The molecule has 16 unspecified atom stereocenters. The maximum Gasteiger partial charge on any atom is 0.307 e.